The zero-order valence-electron chi connectivity index (χ0n) is 14.1. The van der Waals surface area contributed by atoms with Crippen LogP contribution in [0.15, 0.2) is 24.3 Å². The third-order valence-electron chi connectivity index (χ3n) is 3.98. The predicted molar refractivity (Wildman–Crippen MR) is 102 cm³/mol. The zero-order chi connectivity index (χ0) is 15.9. The second-order valence-electron chi connectivity index (χ2n) is 6.28. The Morgan fingerprint density at radius 3 is 2.33 bits per heavy atom. The number of carbonyl (C=O) groups excluding carboxylic acids is 1. The number of benzene rings is 1. The number of rotatable bonds is 6. The highest BCUT2D eigenvalue weighted by atomic mass is 35.5. The number of aliphatic hydroxyl groups is 1. The van der Waals surface area contributed by atoms with Gasteiger partial charge in [0.1, 0.15) is 0 Å². The van der Waals surface area contributed by atoms with Gasteiger partial charge < -0.3 is 16.2 Å². The molecule has 1 saturated heterocycles. The van der Waals surface area contributed by atoms with Crippen molar-refractivity contribution in [2.24, 2.45) is 5.73 Å². The summed E-state index contributed by atoms with van der Waals surface area (Å²) in [6, 6.07) is 8.22. The van der Waals surface area contributed by atoms with E-state index in [1.165, 1.54) is 5.56 Å². The molecule has 1 unspecified atom stereocenters. The number of amides is 1. The van der Waals surface area contributed by atoms with Crippen molar-refractivity contribution < 1.29 is 9.90 Å². The van der Waals surface area contributed by atoms with Gasteiger partial charge in [-0.25, -0.2) is 0 Å². The van der Waals surface area contributed by atoms with Crippen LogP contribution in [0.4, 0.5) is 0 Å². The summed E-state index contributed by atoms with van der Waals surface area (Å²) in [7, 11) is 0. The number of aliphatic hydroxyl groups excluding tert-OH is 1. The van der Waals surface area contributed by atoms with Gasteiger partial charge in [0.2, 0.25) is 5.91 Å². The first-order valence-corrected chi connectivity index (χ1v) is 8.03. The van der Waals surface area contributed by atoms with Gasteiger partial charge in [0.25, 0.3) is 0 Å². The van der Waals surface area contributed by atoms with E-state index in [0.29, 0.717) is 13.0 Å². The lowest BCUT2D eigenvalue weighted by molar-refractivity contribution is -0.121. The van der Waals surface area contributed by atoms with Crippen LogP contribution in [-0.4, -0.2) is 41.1 Å². The number of hydrogen-bond acceptors (Lipinski definition) is 4. The highest BCUT2D eigenvalue weighted by Crippen LogP contribution is 2.14. The summed E-state index contributed by atoms with van der Waals surface area (Å²) in [4.78, 5) is 13.9. The van der Waals surface area contributed by atoms with Crippen LogP contribution < -0.4 is 11.1 Å². The Bertz CT molecular complexity index is 475. The highest BCUT2D eigenvalue weighted by molar-refractivity contribution is 5.85. The van der Waals surface area contributed by atoms with Crippen LogP contribution in [0.1, 0.15) is 37.3 Å². The average molecular weight is 378 g/mol. The minimum Gasteiger partial charge on any atom is -0.393 e. The average Bonchev–Trinajstić information content (AvgIpc) is 2.48. The van der Waals surface area contributed by atoms with Crippen LogP contribution in [0.5, 0.6) is 0 Å². The summed E-state index contributed by atoms with van der Waals surface area (Å²) >= 11 is 0. The van der Waals surface area contributed by atoms with Crippen molar-refractivity contribution >= 4 is 30.7 Å². The Hall–Kier alpha value is -0.850. The number of carbonyl (C=O) groups is 1. The van der Waals surface area contributed by atoms with Crippen molar-refractivity contribution in [1.82, 2.24) is 10.2 Å². The molecule has 1 amide bonds. The molecule has 0 bridgehead atoms. The van der Waals surface area contributed by atoms with Crippen LogP contribution in [0.3, 0.4) is 0 Å². The Morgan fingerprint density at radius 2 is 1.79 bits per heavy atom. The summed E-state index contributed by atoms with van der Waals surface area (Å²) < 4.78 is 0. The van der Waals surface area contributed by atoms with Crippen LogP contribution in [0.25, 0.3) is 0 Å². The third kappa shape index (κ3) is 8.31. The molecule has 5 nitrogen and oxygen atoms in total. The second-order valence-corrected chi connectivity index (χ2v) is 6.28. The normalized spacial score (nSPS) is 16.6. The van der Waals surface area contributed by atoms with E-state index in [4.69, 9.17) is 5.73 Å². The topological polar surface area (TPSA) is 78.6 Å². The molecule has 1 aliphatic heterocycles. The maximum atomic E-state index is 11.6. The molecule has 1 aromatic carbocycles. The number of nitrogens with one attached hydrogen (secondary N) is 1. The fraction of sp³-hybridized carbons (Fsp3) is 0.588. The van der Waals surface area contributed by atoms with E-state index in [0.717, 1.165) is 38.0 Å². The van der Waals surface area contributed by atoms with Gasteiger partial charge >= 0.3 is 0 Å². The molecule has 7 heteroatoms. The molecule has 0 aliphatic carbocycles. The molecule has 1 aromatic rings. The first-order valence-electron chi connectivity index (χ1n) is 8.03. The van der Waals surface area contributed by atoms with Gasteiger partial charge in [-0.15, -0.1) is 24.8 Å². The minimum absolute atomic E-state index is 0. The molecular weight excluding hydrogens is 349 g/mol. The van der Waals surface area contributed by atoms with Crippen molar-refractivity contribution in [3.8, 4) is 0 Å². The Kier molecular flexibility index (Phi) is 11.2. The smallest absolute Gasteiger partial charge is 0.221 e. The summed E-state index contributed by atoms with van der Waals surface area (Å²) in [5.74, 6) is -0.00838. The largest absolute Gasteiger partial charge is 0.393 e. The molecule has 4 N–H and O–H groups in total. The molecule has 2 rings (SSSR count). The predicted octanol–water partition coefficient (Wildman–Crippen LogP) is 1.84. The van der Waals surface area contributed by atoms with Gasteiger partial charge in [0, 0.05) is 38.6 Å². The van der Waals surface area contributed by atoms with E-state index in [-0.39, 0.29) is 42.9 Å². The fourth-order valence-electron chi connectivity index (χ4n) is 2.66. The standard InChI is InChI=1S/C17H27N3O2.2ClH/c1-13(18)10-17(22)19-11-14-2-4-15(5-3-14)12-20-8-6-16(21)7-9-20;;/h2-5,13,16,21H,6-12,18H2,1H3,(H,19,22);2*1H. The molecule has 1 fully saturated rings. The molecule has 138 valence electrons. The molecule has 0 saturated carbocycles. The number of halogens is 2. The second kappa shape index (κ2) is 11.7. The van der Waals surface area contributed by atoms with Crippen molar-refractivity contribution in [1.29, 1.82) is 0 Å². The number of hydrogen-bond donors (Lipinski definition) is 3. The molecule has 1 aliphatic rings. The van der Waals surface area contributed by atoms with Crippen molar-refractivity contribution in [2.75, 3.05) is 13.1 Å². The quantitative estimate of drug-likeness (QED) is 0.706. The van der Waals surface area contributed by atoms with Gasteiger partial charge in [0.15, 0.2) is 0 Å². The number of nitrogens with zero attached hydrogens (tertiary/aromatic N) is 1. The molecule has 0 spiro atoms. The maximum absolute atomic E-state index is 11.6. The van der Waals surface area contributed by atoms with Crippen LogP contribution >= 0.6 is 24.8 Å². The Morgan fingerprint density at radius 1 is 1.25 bits per heavy atom. The highest BCUT2D eigenvalue weighted by Gasteiger charge is 2.16. The SMILES string of the molecule is CC(N)CC(=O)NCc1ccc(CN2CCC(O)CC2)cc1.Cl.Cl. The summed E-state index contributed by atoms with van der Waals surface area (Å²) in [5.41, 5.74) is 7.96. The first-order chi connectivity index (χ1) is 10.5. The van der Waals surface area contributed by atoms with E-state index in [2.05, 4.69) is 34.5 Å². The number of likely N-dealkylation sites (tertiary alicyclic amines) is 1. The van der Waals surface area contributed by atoms with Gasteiger partial charge in [-0.05, 0) is 30.9 Å². The Labute approximate surface area is 156 Å². The number of nitrogens with two attached hydrogens (primary N) is 1. The molecule has 1 atom stereocenters. The van der Waals surface area contributed by atoms with Gasteiger partial charge in [-0.2, -0.15) is 0 Å². The fourth-order valence-corrected chi connectivity index (χ4v) is 2.66. The van der Waals surface area contributed by atoms with Gasteiger partial charge in [0.05, 0.1) is 6.10 Å². The lowest BCUT2D eigenvalue weighted by atomic mass is 10.1. The van der Waals surface area contributed by atoms with Crippen molar-refractivity contribution in [3.05, 3.63) is 35.4 Å². The van der Waals surface area contributed by atoms with E-state index < -0.39 is 0 Å². The van der Waals surface area contributed by atoms with E-state index >= 15 is 0 Å². The van der Waals surface area contributed by atoms with Gasteiger partial charge in [-0.3, -0.25) is 9.69 Å². The van der Waals surface area contributed by atoms with Crippen LogP contribution in [-0.2, 0) is 17.9 Å². The summed E-state index contributed by atoms with van der Waals surface area (Å²) in [6.45, 7) is 5.20. The molecule has 0 radical (unpaired) electrons. The third-order valence-corrected chi connectivity index (χ3v) is 3.98. The van der Waals surface area contributed by atoms with Crippen LogP contribution in [0.2, 0.25) is 0 Å². The summed E-state index contributed by atoms with van der Waals surface area (Å²) in [5, 5.41) is 12.4. The molecular formula is C17H29Cl2N3O2. The monoisotopic (exact) mass is 377 g/mol. The Balaban J connectivity index is 0.00000264. The molecule has 1 heterocycles. The minimum atomic E-state index is -0.126. The van der Waals surface area contributed by atoms with E-state index in [1.54, 1.807) is 0 Å². The van der Waals surface area contributed by atoms with Crippen LogP contribution in [0, 0.1) is 0 Å². The van der Waals surface area contributed by atoms with Gasteiger partial charge in [-0.1, -0.05) is 24.3 Å². The van der Waals surface area contributed by atoms with E-state index in [9.17, 15) is 9.90 Å². The van der Waals surface area contributed by atoms with Crippen molar-refractivity contribution in [2.45, 2.75) is 51.4 Å². The molecule has 24 heavy (non-hydrogen) atoms. The maximum Gasteiger partial charge on any atom is 0.221 e. The number of piperidine rings is 1. The zero-order valence-corrected chi connectivity index (χ0v) is 15.7. The van der Waals surface area contributed by atoms with Crippen molar-refractivity contribution in [3.63, 3.8) is 0 Å². The lowest BCUT2D eigenvalue weighted by Gasteiger charge is -2.29. The van der Waals surface area contributed by atoms with E-state index in [1.807, 2.05) is 6.92 Å². The first kappa shape index (κ1) is 23.1. The lowest BCUT2D eigenvalue weighted by Crippen LogP contribution is -2.35. The summed E-state index contributed by atoms with van der Waals surface area (Å²) in [6.07, 6.45) is 1.96. The molecule has 0 aromatic heterocycles.